The summed E-state index contributed by atoms with van der Waals surface area (Å²) in [4.78, 5) is 38.2. The van der Waals surface area contributed by atoms with Crippen molar-refractivity contribution in [1.82, 2.24) is 15.6 Å². The van der Waals surface area contributed by atoms with E-state index in [1.54, 1.807) is 6.92 Å². The number of hydrogen-bond donors (Lipinski definition) is 2. The van der Waals surface area contributed by atoms with Gasteiger partial charge in [0.05, 0.1) is 0 Å². The van der Waals surface area contributed by atoms with Gasteiger partial charge in [-0.2, -0.15) is 5.10 Å². The lowest BCUT2D eigenvalue weighted by Gasteiger charge is -2.34. The molecule has 0 spiro atoms. The van der Waals surface area contributed by atoms with Crippen molar-refractivity contribution in [1.29, 1.82) is 0 Å². The van der Waals surface area contributed by atoms with Gasteiger partial charge in [0.1, 0.15) is 12.1 Å². The Morgan fingerprint density at radius 3 is 2.48 bits per heavy atom. The maximum Gasteiger partial charge on any atom is 0.325 e. The van der Waals surface area contributed by atoms with Crippen LogP contribution >= 0.6 is 0 Å². The molecular formula is C20H32N4O3. The highest BCUT2D eigenvalue weighted by atomic mass is 16.2. The number of hydrogen-bond acceptors (Lipinski definition) is 4. The summed E-state index contributed by atoms with van der Waals surface area (Å²) < 4.78 is 0. The number of carbonyl (C=O) groups excluding carboxylic acids is 3. The van der Waals surface area contributed by atoms with Crippen LogP contribution in [0.1, 0.15) is 67.2 Å². The number of nitrogens with one attached hydrogen (secondary N) is 2. The Balaban J connectivity index is 1.64. The topological polar surface area (TPSA) is 90.9 Å². The van der Waals surface area contributed by atoms with Crippen molar-refractivity contribution in [3.05, 3.63) is 0 Å². The molecule has 27 heavy (non-hydrogen) atoms. The molecule has 7 heteroatoms. The van der Waals surface area contributed by atoms with E-state index in [9.17, 15) is 14.4 Å². The molecule has 3 rings (SSSR count). The fourth-order valence-electron chi connectivity index (χ4n) is 5.25. The second-order valence-corrected chi connectivity index (χ2v) is 9.84. The van der Waals surface area contributed by atoms with E-state index in [1.807, 2.05) is 13.8 Å². The molecule has 1 heterocycles. The fraction of sp³-hybridized carbons (Fsp3) is 0.800. The number of rotatable bonds is 5. The molecule has 1 saturated heterocycles. The lowest BCUT2D eigenvalue weighted by molar-refractivity contribution is -0.135. The molecule has 3 atom stereocenters. The predicted octanol–water partition coefficient (Wildman–Crippen LogP) is 2.66. The Bertz CT molecular complexity index is 714. The van der Waals surface area contributed by atoms with Crippen LogP contribution in [0.3, 0.4) is 0 Å². The normalized spacial score (nSPS) is 36.0. The molecular weight excluding hydrogens is 344 g/mol. The van der Waals surface area contributed by atoms with Crippen molar-refractivity contribution in [2.45, 2.75) is 72.8 Å². The molecule has 7 nitrogen and oxygen atoms in total. The maximum absolute atomic E-state index is 12.6. The van der Waals surface area contributed by atoms with Crippen LogP contribution in [0.25, 0.3) is 0 Å². The highest BCUT2D eigenvalue weighted by Gasteiger charge is 2.60. The second-order valence-electron chi connectivity index (χ2n) is 9.84. The first-order valence-corrected chi connectivity index (χ1v) is 9.91. The van der Waals surface area contributed by atoms with Gasteiger partial charge in [0.15, 0.2) is 0 Å². The monoisotopic (exact) mass is 376 g/mol. The summed E-state index contributed by atoms with van der Waals surface area (Å²) in [6.07, 6.45) is 3.72. The highest BCUT2D eigenvalue weighted by Crippen LogP contribution is 2.63. The van der Waals surface area contributed by atoms with E-state index in [0.717, 1.165) is 23.5 Å². The Labute approximate surface area is 161 Å². The third-order valence-electron chi connectivity index (χ3n) is 7.29. The molecule has 150 valence electrons. The molecule has 3 fully saturated rings. The van der Waals surface area contributed by atoms with Gasteiger partial charge in [-0.25, -0.2) is 10.2 Å². The molecule has 3 aliphatic rings. The van der Waals surface area contributed by atoms with E-state index in [-0.39, 0.29) is 29.2 Å². The zero-order chi connectivity index (χ0) is 20.2. The molecule has 4 amide bonds. The third-order valence-corrected chi connectivity index (χ3v) is 7.29. The van der Waals surface area contributed by atoms with Gasteiger partial charge in [0.25, 0.3) is 11.8 Å². The van der Waals surface area contributed by atoms with Crippen molar-refractivity contribution < 1.29 is 14.4 Å². The molecule has 0 aromatic heterocycles. The molecule has 2 saturated carbocycles. The van der Waals surface area contributed by atoms with Gasteiger partial charge >= 0.3 is 6.03 Å². The smallest absolute Gasteiger partial charge is 0.323 e. The van der Waals surface area contributed by atoms with Gasteiger partial charge in [-0.3, -0.25) is 14.5 Å². The van der Waals surface area contributed by atoms with Gasteiger partial charge in [-0.05, 0) is 49.9 Å². The van der Waals surface area contributed by atoms with Crippen molar-refractivity contribution in [2.75, 3.05) is 6.54 Å². The molecule has 3 unspecified atom stereocenters. The van der Waals surface area contributed by atoms with Gasteiger partial charge < -0.3 is 5.32 Å². The highest BCUT2D eigenvalue weighted by molar-refractivity contribution is 6.08. The Morgan fingerprint density at radius 2 is 1.96 bits per heavy atom. The number of fused-ring (bicyclic) bond motifs is 2. The molecule has 2 bridgehead atoms. The Morgan fingerprint density at radius 1 is 1.30 bits per heavy atom. The van der Waals surface area contributed by atoms with Crippen LogP contribution in [0, 0.1) is 22.7 Å². The van der Waals surface area contributed by atoms with Crippen LogP contribution in [0.2, 0.25) is 0 Å². The van der Waals surface area contributed by atoms with Crippen molar-refractivity contribution >= 4 is 23.6 Å². The summed E-state index contributed by atoms with van der Waals surface area (Å²) in [6.45, 7) is 12.2. The van der Waals surface area contributed by atoms with E-state index in [0.29, 0.717) is 12.3 Å². The van der Waals surface area contributed by atoms with E-state index in [1.165, 1.54) is 6.42 Å². The molecule has 0 aromatic rings. The first-order chi connectivity index (χ1) is 12.4. The molecule has 2 N–H and O–H groups in total. The molecule has 1 aliphatic heterocycles. The summed E-state index contributed by atoms with van der Waals surface area (Å²) >= 11 is 0. The van der Waals surface area contributed by atoms with E-state index >= 15 is 0 Å². The molecule has 0 radical (unpaired) electrons. The zero-order valence-electron chi connectivity index (χ0n) is 17.3. The maximum atomic E-state index is 12.6. The minimum atomic E-state index is -0.945. The average Bonchev–Trinajstić information content (AvgIpc) is 2.98. The van der Waals surface area contributed by atoms with Crippen molar-refractivity contribution in [2.24, 2.45) is 27.8 Å². The van der Waals surface area contributed by atoms with Gasteiger partial charge in [-0.1, -0.05) is 34.6 Å². The second kappa shape index (κ2) is 6.31. The lowest BCUT2D eigenvalue weighted by Crippen LogP contribution is -2.45. The van der Waals surface area contributed by atoms with Crippen molar-refractivity contribution in [3.63, 3.8) is 0 Å². The van der Waals surface area contributed by atoms with Crippen LogP contribution < -0.4 is 10.7 Å². The number of hydrazone groups is 1. The van der Waals surface area contributed by atoms with Crippen LogP contribution in [-0.4, -0.2) is 40.5 Å². The van der Waals surface area contributed by atoms with Crippen molar-refractivity contribution in [3.8, 4) is 0 Å². The van der Waals surface area contributed by atoms with E-state index in [2.05, 4.69) is 36.6 Å². The van der Waals surface area contributed by atoms with Gasteiger partial charge in [-0.15, -0.1) is 0 Å². The van der Waals surface area contributed by atoms with Crippen LogP contribution in [0.5, 0.6) is 0 Å². The summed E-state index contributed by atoms with van der Waals surface area (Å²) in [5.74, 6) is 0.0585. The first kappa shape index (κ1) is 19.8. The molecule has 0 aromatic carbocycles. The van der Waals surface area contributed by atoms with Crippen LogP contribution in [0.4, 0.5) is 4.79 Å². The standard InChI is InChI=1S/C20H32N4O3/c1-12(2)10-20(6)16(26)24(17(27)21-20)11-15(25)23-22-14-9-13-7-8-19(14,5)18(13,3)4/h12-13H,7-11H2,1-6H3,(H,21,27)(H,23,25)/b22-14-. The Kier molecular flexibility index (Phi) is 4.64. The number of imide groups is 1. The summed E-state index contributed by atoms with van der Waals surface area (Å²) in [6, 6.07) is -0.515. The number of nitrogens with zero attached hydrogens (tertiary/aromatic N) is 2. The van der Waals surface area contributed by atoms with Crippen LogP contribution in [0.15, 0.2) is 5.10 Å². The summed E-state index contributed by atoms with van der Waals surface area (Å²) in [5.41, 5.74) is 2.85. The summed E-state index contributed by atoms with van der Waals surface area (Å²) in [5, 5.41) is 7.12. The average molecular weight is 377 g/mol. The quantitative estimate of drug-likeness (QED) is 0.571. The van der Waals surface area contributed by atoms with Gasteiger partial charge in [0.2, 0.25) is 0 Å². The third kappa shape index (κ3) is 3.05. The minimum Gasteiger partial charge on any atom is -0.323 e. The molecule has 2 aliphatic carbocycles. The Hall–Kier alpha value is -1.92. The van der Waals surface area contributed by atoms with E-state index in [4.69, 9.17) is 0 Å². The largest absolute Gasteiger partial charge is 0.325 e. The zero-order valence-corrected chi connectivity index (χ0v) is 17.3. The minimum absolute atomic E-state index is 0.00161. The first-order valence-electron chi connectivity index (χ1n) is 9.91. The predicted molar refractivity (Wildman–Crippen MR) is 103 cm³/mol. The SMILES string of the molecule is CC(C)CC1(C)NC(=O)N(CC(=O)N/N=C2/CC3CCC2(C)C3(C)C)C1=O. The van der Waals surface area contributed by atoms with E-state index < -0.39 is 17.5 Å². The van der Waals surface area contributed by atoms with Gasteiger partial charge in [0, 0.05) is 11.1 Å². The van der Waals surface area contributed by atoms with Crippen LogP contribution in [-0.2, 0) is 9.59 Å². The number of urea groups is 1. The number of carbonyl (C=O) groups is 3. The summed E-state index contributed by atoms with van der Waals surface area (Å²) in [7, 11) is 0. The lowest BCUT2D eigenvalue weighted by atomic mass is 9.70. The number of amides is 4. The fourth-order valence-corrected chi connectivity index (χ4v) is 5.25.